The highest BCUT2D eigenvalue weighted by Gasteiger charge is 2.19. The van der Waals surface area contributed by atoms with Crippen LogP contribution >= 0.6 is 0 Å². The lowest BCUT2D eigenvalue weighted by Gasteiger charge is -2.07. The van der Waals surface area contributed by atoms with Crippen LogP contribution in [-0.4, -0.2) is 17.2 Å². The number of nitrogens with zero attached hydrogens (tertiary/aromatic N) is 1. The molecule has 1 aromatic carbocycles. The highest BCUT2D eigenvalue weighted by Crippen LogP contribution is 2.18. The molecule has 0 saturated heterocycles. The molecule has 19 heavy (non-hydrogen) atoms. The molecule has 1 aliphatic carbocycles. The van der Waals surface area contributed by atoms with Crippen LogP contribution in [0.25, 0.3) is 10.8 Å². The van der Waals surface area contributed by atoms with E-state index in [0.717, 1.165) is 42.7 Å². The van der Waals surface area contributed by atoms with Gasteiger partial charge in [0.1, 0.15) is 0 Å². The highest BCUT2D eigenvalue weighted by atomic mass is 16.1. The summed E-state index contributed by atoms with van der Waals surface area (Å²) < 4.78 is 1.83. The van der Waals surface area contributed by atoms with Gasteiger partial charge in [-0.25, -0.2) is 0 Å². The third kappa shape index (κ3) is 3.04. The van der Waals surface area contributed by atoms with Crippen molar-refractivity contribution >= 4 is 10.8 Å². The van der Waals surface area contributed by atoms with Crippen molar-refractivity contribution in [3.8, 4) is 0 Å². The first-order chi connectivity index (χ1) is 9.34. The number of aryl methyl sites for hydroxylation is 1. The van der Waals surface area contributed by atoms with E-state index < -0.39 is 0 Å². The van der Waals surface area contributed by atoms with Crippen LogP contribution in [0.1, 0.15) is 25.7 Å². The Morgan fingerprint density at radius 3 is 2.84 bits per heavy atom. The van der Waals surface area contributed by atoms with Crippen LogP contribution < -0.4 is 10.9 Å². The van der Waals surface area contributed by atoms with E-state index in [1.165, 1.54) is 12.8 Å². The molecule has 1 N–H and O–H groups in total. The molecule has 1 aromatic heterocycles. The minimum atomic E-state index is 0.133. The van der Waals surface area contributed by atoms with Crippen molar-refractivity contribution in [1.82, 2.24) is 9.88 Å². The zero-order valence-corrected chi connectivity index (χ0v) is 11.1. The fraction of sp³-hybridized carbons (Fsp3) is 0.438. The van der Waals surface area contributed by atoms with Crippen LogP contribution in [0.15, 0.2) is 41.3 Å². The van der Waals surface area contributed by atoms with Crippen molar-refractivity contribution in [3.63, 3.8) is 0 Å². The number of hydrogen-bond donors (Lipinski definition) is 1. The molecular weight excluding hydrogens is 236 g/mol. The van der Waals surface area contributed by atoms with E-state index in [1.807, 2.05) is 41.1 Å². The summed E-state index contributed by atoms with van der Waals surface area (Å²) >= 11 is 0. The monoisotopic (exact) mass is 256 g/mol. The first-order valence-electron chi connectivity index (χ1n) is 7.16. The number of nitrogens with one attached hydrogen (secondary N) is 1. The number of unbranched alkanes of at least 4 members (excludes halogenated alkanes) is 1. The van der Waals surface area contributed by atoms with E-state index >= 15 is 0 Å². The Morgan fingerprint density at radius 1 is 1.16 bits per heavy atom. The number of fused-ring (bicyclic) bond motifs is 1. The molecule has 2 aromatic rings. The molecule has 1 fully saturated rings. The van der Waals surface area contributed by atoms with Gasteiger partial charge in [0.05, 0.1) is 0 Å². The molecule has 3 nitrogen and oxygen atoms in total. The Balaban J connectivity index is 1.60. The summed E-state index contributed by atoms with van der Waals surface area (Å²) in [6.45, 7) is 1.89. The lowest BCUT2D eigenvalue weighted by atomic mass is 10.2. The minimum absolute atomic E-state index is 0.133. The molecule has 0 spiro atoms. The van der Waals surface area contributed by atoms with Crippen LogP contribution in [0.2, 0.25) is 0 Å². The number of pyridine rings is 1. The first-order valence-corrected chi connectivity index (χ1v) is 7.16. The Bertz CT molecular complexity index is 613. The lowest BCUT2D eigenvalue weighted by molar-refractivity contribution is 0.560. The summed E-state index contributed by atoms with van der Waals surface area (Å²) in [4.78, 5) is 12.3. The van der Waals surface area contributed by atoms with E-state index in [1.54, 1.807) is 0 Å². The number of hydrogen-bond acceptors (Lipinski definition) is 2. The molecule has 0 bridgehead atoms. The normalized spacial score (nSPS) is 14.9. The van der Waals surface area contributed by atoms with Crippen molar-refractivity contribution in [3.05, 3.63) is 46.9 Å². The van der Waals surface area contributed by atoms with E-state index in [0.29, 0.717) is 0 Å². The van der Waals surface area contributed by atoms with Crippen LogP contribution in [0.3, 0.4) is 0 Å². The molecule has 1 saturated carbocycles. The van der Waals surface area contributed by atoms with E-state index in [4.69, 9.17) is 0 Å². The number of aromatic nitrogens is 1. The predicted molar refractivity (Wildman–Crippen MR) is 78.5 cm³/mol. The number of rotatable bonds is 6. The van der Waals surface area contributed by atoms with Gasteiger partial charge < -0.3 is 9.88 Å². The molecule has 0 radical (unpaired) electrons. The van der Waals surface area contributed by atoms with Gasteiger partial charge in [0.15, 0.2) is 0 Å². The lowest BCUT2D eigenvalue weighted by Crippen LogP contribution is -2.21. The van der Waals surface area contributed by atoms with Gasteiger partial charge in [0, 0.05) is 24.2 Å². The molecule has 1 aliphatic rings. The van der Waals surface area contributed by atoms with Gasteiger partial charge in [0.2, 0.25) is 0 Å². The van der Waals surface area contributed by atoms with Gasteiger partial charge in [-0.3, -0.25) is 4.79 Å². The predicted octanol–water partition coefficient (Wildman–Crippen LogP) is 2.53. The molecule has 1 heterocycles. The van der Waals surface area contributed by atoms with Crippen molar-refractivity contribution < 1.29 is 0 Å². The molecule has 0 aliphatic heterocycles. The molecule has 100 valence electrons. The second kappa shape index (κ2) is 5.57. The minimum Gasteiger partial charge on any atom is -0.315 e. The van der Waals surface area contributed by atoms with E-state index in [9.17, 15) is 4.79 Å². The standard InChI is InChI=1S/C16H20N2O/c19-16-15-6-2-1-5-13(15)9-12-18(16)11-4-3-10-17-14-7-8-14/h1-2,5-6,9,12,14,17H,3-4,7-8,10-11H2. The van der Waals surface area contributed by atoms with Crippen LogP contribution in [0, 0.1) is 0 Å². The van der Waals surface area contributed by atoms with Crippen molar-refractivity contribution in [2.45, 2.75) is 38.3 Å². The molecule has 0 unspecified atom stereocenters. The second-order valence-corrected chi connectivity index (χ2v) is 5.34. The zero-order valence-electron chi connectivity index (χ0n) is 11.1. The summed E-state index contributed by atoms with van der Waals surface area (Å²) in [5.41, 5.74) is 0.133. The summed E-state index contributed by atoms with van der Waals surface area (Å²) in [5, 5.41) is 5.35. The first kappa shape index (κ1) is 12.4. The van der Waals surface area contributed by atoms with Gasteiger partial charge in [-0.05, 0) is 49.7 Å². The van der Waals surface area contributed by atoms with Crippen LogP contribution in [-0.2, 0) is 6.54 Å². The third-order valence-electron chi connectivity index (χ3n) is 3.72. The van der Waals surface area contributed by atoms with Gasteiger partial charge in [-0.15, -0.1) is 0 Å². The van der Waals surface area contributed by atoms with Crippen LogP contribution in [0.4, 0.5) is 0 Å². The Hall–Kier alpha value is -1.61. The fourth-order valence-corrected chi connectivity index (χ4v) is 2.41. The summed E-state index contributed by atoms with van der Waals surface area (Å²) in [5.74, 6) is 0. The Morgan fingerprint density at radius 2 is 2.00 bits per heavy atom. The number of benzene rings is 1. The van der Waals surface area contributed by atoms with Crippen molar-refractivity contribution in [1.29, 1.82) is 0 Å². The quantitative estimate of drug-likeness (QED) is 0.806. The molecule has 3 heteroatoms. The Labute approximate surface area is 113 Å². The SMILES string of the molecule is O=c1c2ccccc2ccn1CCCCNC1CC1. The largest absolute Gasteiger partial charge is 0.315 e. The molecular formula is C16H20N2O. The molecule has 0 atom stereocenters. The van der Waals surface area contributed by atoms with Gasteiger partial charge in [-0.1, -0.05) is 18.2 Å². The van der Waals surface area contributed by atoms with Crippen molar-refractivity contribution in [2.75, 3.05) is 6.54 Å². The van der Waals surface area contributed by atoms with E-state index in [2.05, 4.69) is 5.32 Å². The molecule has 3 rings (SSSR count). The van der Waals surface area contributed by atoms with Gasteiger partial charge in [0.25, 0.3) is 5.56 Å². The van der Waals surface area contributed by atoms with Gasteiger partial charge >= 0.3 is 0 Å². The summed E-state index contributed by atoms with van der Waals surface area (Å²) in [6.07, 6.45) is 6.78. The molecule has 0 amide bonds. The Kier molecular flexibility index (Phi) is 3.65. The summed E-state index contributed by atoms with van der Waals surface area (Å²) in [7, 11) is 0. The van der Waals surface area contributed by atoms with Crippen molar-refractivity contribution in [2.24, 2.45) is 0 Å². The zero-order chi connectivity index (χ0) is 13.1. The van der Waals surface area contributed by atoms with E-state index in [-0.39, 0.29) is 5.56 Å². The topological polar surface area (TPSA) is 34.0 Å². The third-order valence-corrected chi connectivity index (χ3v) is 3.72. The van der Waals surface area contributed by atoms with Gasteiger partial charge in [-0.2, -0.15) is 0 Å². The van der Waals surface area contributed by atoms with Crippen LogP contribution in [0.5, 0.6) is 0 Å². The highest BCUT2D eigenvalue weighted by molar-refractivity contribution is 5.81. The maximum absolute atomic E-state index is 12.3. The fourth-order valence-electron chi connectivity index (χ4n) is 2.41. The summed E-state index contributed by atoms with van der Waals surface area (Å²) in [6, 6.07) is 10.6. The average molecular weight is 256 g/mol. The smallest absolute Gasteiger partial charge is 0.258 e. The maximum Gasteiger partial charge on any atom is 0.258 e. The maximum atomic E-state index is 12.3. The average Bonchev–Trinajstić information content (AvgIpc) is 3.25. The second-order valence-electron chi connectivity index (χ2n) is 5.34.